The number of sulfonamides is 1. The topological polar surface area (TPSA) is 79.2 Å². The van der Waals surface area contributed by atoms with Gasteiger partial charge in [-0.05, 0) is 30.5 Å². The van der Waals surface area contributed by atoms with Crippen LogP contribution in [0, 0.1) is 11.3 Å². The van der Waals surface area contributed by atoms with E-state index < -0.39 is 10.0 Å². The molecule has 0 atom stereocenters. The maximum atomic E-state index is 11.8. The Morgan fingerprint density at radius 2 is 2.11 bits per heavy atom. The fourth-order valence-corrected chi connectivity index (χ4v) is 3.09. The van der Waals surface area contributed by atoms with Crippen LogP contribution in [0.15, 0.2) is 24.3 Å². The Morgan fingerprint density at radius 3 is 2.79 bits per heavy atom. The maximum absolute atomic E-state index is 11.8. The predicted octanol–water partition coefficient (Wildman–Crippen LogP) is 1.85. The summed E-state index contributed by atoms with van der Waals surface area (Å²) in [6, 6.07) is 8.53. The van der Waals surface area contributed by atoms with Gasteiger partial charge in [0.2, 0.25) is 10.0 Å². The monoisotopic (exact) mass is 280 g/mol. The van der Waals surface area contributed by atoms with Crippen LogP contribution in [0.3, 0.4) is 0 Å². The van der Waals surface area contributed by atoms with Crippen molar-refractivity contribution >= 4 is 10.0 Å². The van der Waals surface area contributed by atoms with Crippen molar-refractivity contribution in [3.8, 4) is 6.07 Å². The molecule has 1 N–H and O–H groups in total. The van der Waals surface area contributed by atoms with Gasteiger partial charge in [0.25, 0.3) is 0 Å². The molecule has 0 spiro atoms. The van der Waals surface area contributed by atoms with Crippen LogP contribution in [0.2, 0.25) is 0 Å². The van der Waals surface area contributed by atoms with Crippen LogP contribution in [0.1, 0.15) is 36.8 Å². The van der Waals surface area contributed by atoms with E-state index in [2.05, 4.69) is 4.89 Å². The largest absolute Gasteiger partial charge is 0.284 e. The minimum Gasteiger partial charge on any atom is -0.284 e. The summed E-state index contributed by atoms with van der Waals surface area (Å²) in [6.45, 7) is 0. The number of nitriles is 1. The molecule has 0 heterocycles. The predicted molar refractivity (Wildman–Crippen MR) is 70.3 cm³/mol. The minimum absolute atomic E-state index is 0.0137. The highest BCUT2D eigenvalue weighted by molar-refractivity contribution is 7.88. The standard InChI is InChI=1S/C13H16N2O3S/c14-9-11-4-3-5-12(8-11)10-19(16,17)15-18-13-6-1-2-7-13/h3-5,8,13,15H,1-2,6-7,10H2. The molecule has 1 aliphatic carbocycles. The van der Waals surface area contributed by atoms with E-state index in [1.54, 1.807) is 24.3 Å². The van der Waals surface area contributed by atoms with Crippen molar-refractivity contribution in [3.05, 3.63) is 35.4 Å². The average molecular weight is 280 g/mol. The normalized spacial score (nSPS) is 16.4. The van der Waals surface area contributed by atoms with Crippen molar-refractivity contribution in [1.82, 2.24) is 4.89 Å². The molecule has 19 heavy (non-hydrogen) atoms. The first-order valence-electron chi connectivity index (χ1n) is 6.23. The van der Waals surface area contributed by atoms with Gasteiger partial charge in [0.05, 0.1) is 23.5 Å². The summed E-state index contributed by atoms with van der Waals surface area (Å²) in [5, 5.41) is 8.77. The van der Waals surface area contributed by atoms with Crippen LogP contribution >= 0.6 is 0 Å². The molecule has 1 aromatic rings. The van der Waals surface area contributed by atoms with Crippen molar-refractivity contribution in [1.29, 1.82) is 5.26 Å². The lowest BCUT2D eigenvalue weighted by molar-refractivity contribution is 0.0222. The second-order valence-corrected chi connectivity index (χ2v) is 6.36. The summed E-state index contributed by atoms with van der Waals surface area (Å²) in [4.78, 5) is 7.37. The lowest BCUT2D eigenvalue weighted by Gasteiger charge is -2.12. The summed E-state index contributed by atoms with van der Waals surface area (Å²) in [6.07, 6.45) is 3.94. The molecule has 6 heteroatoms. The van der Waals surface area contributed by atoms with Gasteiger partial charge in [-0.15, -0.1) is 0 Å². The SMILES string of the molecule is N#Cc1cccc(CS(=O)(=O)NOC2CCCC2)c1. The molecule has 0 bridgehead atoms. The average Bonchev–Trinajstić information content (AvgIpc) is 2.89. The van der Waals surface area contributed by atoms with Crippen LogP contribution in [0.4, 0.5) is 0 Å². The Kier molecular flexibility index (Phi) is 4.53. The third kappa shape index (κ3) is 4.31. The van der Waals surface area contributed by atoms with E-state index in [4.69, 9.17) is 10.1 Å². The van der Waals surface area contributed by atoms with E-state index in [1.165, 1.54) is 0 Å². The molecule has 0 aliphatic heterocycles. The van der Waals surface area contributed by atoms with E-state index in [0.29, 0.717) is 11.1 Å². The van der Waals surface area contributed by atoms with Gasteiger partial charge in [-0.25, -0.2) is 8.42 Å². The van der Waals surface area contributed by atoms with Crippen molar-refractivity contribution in [2.45, 2.75) is 37.5 Å². The molecular weight excluding hydrogens is 264 g/mol. The number of benzene rings is 1. The summed E-state index contributed by atoms with van der Waals surface area (Å²) in [5.74, 6) is -0.185. The Bertz CT molecular complexity index is 572. The molecule has 1 saturated carbocycles. The first kappa shape index (κ1) is 14.0. The van der Waals surface area contributed by atoms with Gasteiger partial charge in [-0.2, -0.15) is 5.26 Å². The van der Waals surface area contributed by atoms with Gasteiger partial charge in [-0.3, -0.25) is 4.84 Å². The third-order valence-electron chi connectivity index (χ3n) is 3.06. The fraction of sp³-hybridized carbons (Fsp3) is 0.462. The van der Waals surface area contributed by atoms with Gasteiger partial charge in [0.1, 0.15) is 0 Å². The van der Waals surface area contributed by atoms with Crippen LogP contribution in [0.5, 0.6) is 0 Å². The van der Waals surface area contributed by atoms with E-state index in [-0.39, 0.29) is 11.9 Å². The van der Waals surface area contributed by atoms with Crippen LogP contribution in [-0.4, -0.2) is 14.5 Å². The number of hydrogen-bond acceptors (Lipinski definition) is 4. The van der Waals surface area contributed by atoms with Gasteiger partial charge in [0.15, 0.2) is 0 Å². The molecule has 0 radical (unpaired) electrons. The number of nitrogens with zero attached hydrogens (tertiary/aromatic N) is 1. The lowest BCUT2D eigenvalue weighted by atomic mass is 10.2. The second kappa shape index (κ2) is 6.15. The first-order chi connectivity index (χ1) is 9.09. The van der Waals surface area contributed by atoms with Gasteiger partial charge in [0, 0.05) is 0 Å². The number of rotatable bonds is 5. The van der Waals surface area contributed by atoms with Gasteiger partial charge >= 0.3 is 0 Å². The highest BCUT2D eigenvalue weighted by atomic mass is 32.2. The highest BCUT2D eigenvalue weighted by Crippen LogP contribution is 2.20. The van der Waals surface area contributed by atoms with E-state index in [1.807, 2.05) is 6.07 Å². The molecule has 0 saturated heterocycles. The Balaban J connectivity index is 1.94. The first-order valence-corrected chi connectivity index (χ1v) is 7.88. The molecule has 1 aliphatic rings. The minimum atomic E-state index is -3.53. The summed E-state index contributed by atoms with van der Waals surface area (Å²) in [5.41, 5.74) is 1.02. The summed E-state index contributed by atoms with van der Waals surface area (Å²) >= 11 is 0. The molecule has 0 amide bonds. The van der Waals surface area contributed by atoms with Crippen LogP contribution in [0.25, 0.3) is 0 Å². The van der Waals surface area contributed by atoms with Crippen LogP contribution in [-0.2, 0) is 20.6 Å². The second-order valence-electron chi connectivity index (χ2n) is 4.68. The smallest absolute Gasteiger partial charge is 0.237 e. The molecule has 102 valence electrons. The van der Waals surface area contributed by atoms with Crippen molar-refractivity contribution in [2.24, 2.45) is 0 Å². The van der Waals surface area contributed by atoms with Crippen molar-refractivity contribution in [2.75, 3.05) is 0 Å². The Labute approximate surface area is 113 Å². The van der Waals surface area contributed by atoms with Crippen molar-refractivity contribution in [3.63, 3.8) is 0 Å². The molecule has 1 aromatic carbocycles. The molecule has 5 nitrogen and oxygen atoms in total. The summed E-state index contributed by atoms with van der Waals surface area (Å²) < 4.78 is 23.7. The third-order valence-corrected chi connectivity index (χ3v) is 4.12. The van der Waals surface area contributed by atoms with E-state index in [0.717, 1.165) is 25.7 Å². The highest BCUT2D eigenvalue weighted by Gasteiger charge is 2.19. The van der Waals surface area contributed by atoms with Gasteiger partial charge in [-0.1, -0.05) is 29.9 Å². The van der Waals surface area contributed by atoms with Crippen molar-refractivity contribution < 1.29 is 13.3 Å². The number of nitrogens with one attached hydrogen (secondary N) is 1. The Morgan fingerprint density at radius 1 is 1.37 bits per heavy atom. The van der Waals surface area contributed by atoms with Gasteiger partial charge < -0.3 is 0 Å². The van der Waals surface area contributed by atoms with E-state index >= 15 is 0 Å². The summed E-state index contributed by atoms with van der Waals surface area (Å²) in [7, 11) is -3.53. The molecular formula is C13H16N2O3S. The van der Waals surface area contributed by atoms with Crippen LogP contribution < -0.4 is 4.89 Å². The lowest BCUT2D eigenvalue weighted by Crippen LogP contribution is -2.29. The molecule has 2 rings (SSSR count). The maximum Gasteiger partial charge on any atom is 0.237 e. The Hall–Kier alpha value is -1.42. The fourth-order valence-electron chi connectivity index (χ4n) is 2.13. The molecule has 1 fully saturated rings. The zero-order valence-corrected chi connectivity index (χ0v) is 11.3. The molecule has 0 aromatic heterocycles. The zero-order chi connectivity index (χ0) is 13.7. The van der Waals surface area contributed by atoms with E-state index in [9.17, 15) is 8.42 Å². The number of hydrogen-bond donors (Lipinski definition) is 1. The zero-order valence-electron chi connectivity index (χ0n) is 10.5. The molecule has 0 unspecified atom stereocenters. The quantitative estimate of drug-likeness (QED) is 0.835.